The maximum Gasteiger partial charge on any atom is 0.137 e. The van der Waals surface area contributed by atoms with Crippen molar-refractivity contribution >= 4 is 6.08 Å². The Morgan fingerprint density at radius 1 is 1.21 bits per heavy atom. The molecule has 1 heterocycles. The minimum atomic E-state index is -0.209. The van der Waals surface area contributed by atoms with Gasteiger partial charge in [-0.25, -0.2) is 0 Å². The van der Waals surface area contributed by atoms with Gasteiger partial charge in [-0.3, -0.25) is 0 Å². The highest BCUT2D eigenvalue weighted by Gasteiger charge is 2.26. The zero-order valence-electron chi connectivity index (χ0n) is 19.6. The average Bonchev–Trinajstić information content (AvgIpc) is 3.01. The van der Waals surface area contributed by atoms with Gasteiger partial charge in [0.2, 0.25) is 0 Å². The predicted octanol–water partition coefficient (Wildman–Crippen LogP) is 6.98. The maximum absolute atomic E-state index is 11.0. The van der Waals surface area contributed by atoms with Crippen molar-refractivity contribution in [3.8, 4) is 0 Å². The Morgan fingerprint density at radius 3 is 2.38 bits per heavy atom. The van der Waals surface area contributed by atoms with Crippen LogP contribution in [-0.2, 0) is 6.42 Å². The quantitative estimate of drug-likeness (QED) is 0.346. The zero-order chi connectivity index (χ0) is 22.2. The lowest BCUT2D eigenvalue weighted by molar-refractivity contribution is 0.355. The average molecular weight is 401 g/mol. The summed E-state index contributed by atoms with van der Waals surface area (Å²) < 4.78 is 5.47. The molecule has 0 bridgehead atoms. The van der Waals surface area contributed by atoms with Crippen molar-refractivity contribution in [2.75, 3.05) is 6.54 Å². The van der Waals surface area contributed by atoms with Crippen LogP contribution in [0, 0.1) is 10.8 Å². The molecule has 0 amide bonds. The molecule has 0 saturated heterocycles. The number of nitrogens with one attached hydrogen (secondary N) is 1. The molecule has 0 aromatic carbocycles. The SMILES string of the molecule is C=C(CCCc1cc(C=C/C(=C(O)\C(=C/C)C(C)(C)C)C(C)(C)C)no1)NCC. The molecular formula is C25H40N2O2. The second kappa shape index (κ2) is 10.5. The third-order valence-corrected chi connectivity index (χ3v) is 4.74. The summed E-state index contributed by atoms with van der Waals surface area (Å²) in [5.41, 5.74) is 3.29. The largest absolute Gasteiger partial charge is 0.507 e. The zero-order valence-corrected chi connectivity index (χ0v) is 19.6. The highest BCUT2D eigenvalue weighted by molar-refractivity contribution is 5.53. The Labute approximate surface area is 177 Å². The molecule has 0 aliphatic carbocycles. The van der Waals surface area contributed by atoms with Crippen molar-refractivity contribution in [1.29, 1.82) is 0 Å². The topological polar surface area (TPSA) is 58.3 Å². The van der Waals surface area contributed by atoms with E-state index in [0.717, 1.165) is 54.1 Å². The van der Waals surface area contributed by atoms with E-state index in [0.29, 0.717) is 5.76 Å². The van der Waals surface area contributed by atoms with Crippen LogP contribution in [0.15, 0.2) is 51.9 Å². The summed E-state index contributed by atoms with van der Waals surface area (Å²) in [5.74, 6) is 1.21. The molecule has 0 spiro atoms. The molecule has 1 rings (SSSR count). The first kappa shape index (κ1) is 24.8. The van der Waals surface area contributed by atoms with Crippen LogP contribution in [0.2, 0.25) is 0 Å². The number of rotatable bonds is 9. The third kappa shape index (κ3) is 7.96. The van der Waals surface area contributed by atoms with Gasteiger partial charge in [0.15, 0.2) is 0 Å². The van der Waals surface area contributed by atoms with Crippen molar-refractivity contribution in [3.63, 3.8) is 0 Å². The normalized spacial score (nSPS) is 14.3. The number of hydrogen-bond acceptors (Lipinski definition) is 4. The molecular weight excluding hydrogens is 360 g/mol. The van der Waals surface area contributed by atoms with Crippen LogP contribution >= 0.6 is 0 Å². The lowest BCUT2D eigenvalue weighted by atomic mass is 9.78. The van der Waals surface area contributed by atoms with Crippen LogP contribution < -0.4 is 5.32 Å². The van der Waals surface area contributed by atoms with Crippen molar-refractivity contribution in [3.05, 3.63) is 58.9 Å². The number of allylic oxidation sites excluding steroid dienone is 5. The summed E-state index contributed by atoms with van der Waals surface area (Å²) in [7, 11) is 0. The number of aliphatic hydroxyl groups is 1. The molecule has 0 radical (unpaired) electrons. The fourth-order valence-corrected chi connectivity index (χ4v) is 3.26. The third-order valence-electron chi connectivity index (χ3n) is 4.74. The van der Waals surface area contributed by atoms with Crippen molar-refractivity contribution in [1.82, 2.24) is 10.5 Å². The van der Waals surface area contributed by atoms with Gasteiger partial charge in [-0.05, 0) is 54.7 Å². The molecule has 162 valence electrons. The Bertz CT molecular complexity index is 765. The molecule has 1 aromatic rings. The van der Waals surface area contributed by atoms with Gasteiger partial charge in [-0.1, -0.05) is 65.4 Å². The first-order valence-corrected chi connectivity index (χ1v) is 10.6. The first-order valence-electron chi connectivity index (χ1n) is 10.6. The van der Waals surface area contributed by atoms with Crippen molar-refractivity contribution < 1.29 is 9.63 Å². The Kier molecular flexibility index (Phi) is 9.00. The Morgan fingerprint density at radius 2 is 1.86 bits per heavy atom. The number of aryl methyl sites for hydroxylation is 1. The minimum Gasteiger partial charge on any atom is -0.507 e. The number of aromatic nitrogens is 1. The van der Waals surface area contributed by atoms with Crippen LogP contribution in [0.4, 0.5) is 0 Å². The second-order valence-corrected chi connectivity index (χ2v) is 9.50. The number of aliphatic hydroxyl groups excluding tert-OH is 1. The van der Waals surface area contributed by atoms with Crippen LogP contribution in [-0.4, -0.2) is 16.8 Å². The maximum atomic E-state index is 11.0. The molecule has 1 aromatic heterocycles. The van der Waals surface area contributed by atoms with E-state index >= 15 is 0 Å². The summed E-state index contributed by atoms with van der Waals surface area (Å²) in [4.78, 5) is 0. The van der Waals surface area contributed by atoms with E-state index < -0.39 is 0 Å². The summed E-state index contributed by atoms with van der Waals surface area (Å²) >= 11 is 0. The van der Waals surface area contributed by atoms with E-state index in [1.54, 1.807) is 0 Å². The lowest BCUT2D eigenvalue weighted by Gasteiger charge is -2.28. The summed E-state index contributed by atoms with van der Waals surface area (Å²) in [6.07, 6.45) is 8.57. The molecule has 0 saturated carbocycles. The van der Waals surface area contributed by atoms with Gasteiger partial charge < -0.3 is 14.9 Å². The van der Waals surface area contributed by atoms with Crippen LogP contribution in [0.1, 0.15) is 79.7 Å². The van der Waals surface area contributed by atoms with Crippen molar-refractivity contribution in [2.45, 2.75) is 74.7 Å². The van der Waals surface area contributed by atoms with Gasteiger partial charge in [0.05, 0.1) is 0 Å². The summed E-state index contributed by atoms with van der Waals surface area (Å²) in [6.45, 7) is 21.6. The fraction of sp³-hybridized carbons (Fsp3) is 0.560. The fourth-order valence-electron chi connectivity index (χ4n) is 3.26. The first-order chi connectivity index (χ1) is 13.4. The van der Waals surface area contributed by atoms with Gasteiger partial charge >= 0.3 is 0 Å². The monoisotopic (exact) mass is 400 g/mol. The molecule has 0 unspecified atom stereocenters. The second-order valence-electron chi connectivity index (χ2n) is 9.50. The van der Waals surface area contributed by atoms with E-state index in [4.69, 9.17) is 4.52 Å². The molecule has 0 aliphatic heterocycles. The molecule has 0 atom stereocenters. The van der Waals surface area contributed by atoms with Gasteiger partial charge in [-0.2, -0.15) is 0 Å². The van der Waals surface area contributed by atoms with Crippen LogP contribution in [0.3, 0.4) is 0 Å². The minimum absolute atomic E-state index is 0.138. The smallest absolute Gasteiger partial charge is 0.137 e. The van der Waals surface area contributed by atoms with E-state index in [1.165, 1.54) is 0 Å². The summed E-state index contributed by atoms with van der Waals surface area (Å²) in [5, 5.41) is 18.4. The standard InChI is InChI=1S/C25H40N2O2/c1-10-21(24(4,5)6)23(28)22(25(7,8)9)16-15-19-17-20(29-27-19)14-12-13-18(3)26-11-2/h10,15-17,26,28H,3,11-14H2,1-2,4-9H3/b16-15?,21-10+,23-22-. The van der Waals surface area contributed by atoms with E-state index in [9.17, 15) is 5.11 Å². The van der Waals surface area contributed by atoms with Gasteiger partial charge in [0.1, 0.15) is 17.2 Å². The lowest BCUT2D eigenvalue weighted by Crippen LogP contribution is -2.17. The molecule has 29 heavy (non-hydrogen) atoms. The Hall–Kier alpha value is -2.23. The van der Waals surface area contributed by atoms with Crippen LogP contribution in [0.25, 0.3) is 6.08 Å². The summed E-state index contributed by atoms with van der Waals surface area (Å²) in [6, 6.07) is 1.96. The van der Waals surface area contributed by atoms with Crippen molar-refractivity contribution in [2.24, 2.45) is 10.8 Å². The molecule has 0 aliphatic rings. The van der Waals surface area contributed by atoms with E-state index in [-0.39, 0.29) is 10.8 Å². The number of hydrogen-bond donors (Lipinski definition) is 2. The van der Waals surface area contributed by atoms with Gasteiger partial charge in [0.25, 0.3) is 0 Å². The highest BCUT2D eigenvalue weighted by atomic mass is 16.5. The van der Waals surface area contributed by atoms with Gasteiger partial charge in [0, 0.05) is 24.7 Å². The predicted molar refractivity (Wildman–Crippen MR) is 124 cm³/mol. The molecule has 4 nitrogen and oxygen atoms in total. The Balaban J connectivity index is 2.99. The molecule has 4 heteroatoms. The highest BCUT2D eigenvalue weighted by Crippen LogP contribution is 2.37. The van der Waals surface area contributed by atoms with E-state index in [1.807, 2.05) is 31.2 Å². The van der Waals surface area contributed by atoms with Gasteiger partial charge in [-0.15, -0.1) is 0 Å². The molecule has 2 N–H and O–H groups in total. The van der Waals surface area contributed by atoms with E-state index in [2.05, 4.69) is 65.5 Å². The number of nitrogens with zero attached hydrogens (tertiary/aromatic N) is 1. The molecule has 0 fully saturated rings. The van der Waals surface area contributed by atoms with Crippen LogP contribution in [0.5, 0.6) is 0 Å².